The molecule has 2 aromatic carbocycles. The van der Waals surface area contributed by atoms with Gasteiger partial charge in [-0.15, -0.1) is 13.2 Å². The summed E-state index contributed by atoms with van der Waals surface area (Å²) in [5.41, 5.74) is 3.18. The second-order valence-corrected chi connectivity index (χ2v) is 9.02. The quantitative estimate of drug-likeness (QED) is 0.539. The zero-order valence-electron chi connectivity index (χ0n) is 19.5. The second-order valence-electron chi connectivity index (χ2n) is 9.02. The predicted octanol–water partition coefficient (Wildman–Crippen LogP) is 4.09. The first-order valence-corrected chi connectivity index (χ1v) is 11.8. The normalized spacial score (nSPS) is 18.8. The van der Waals surface area contributed by atoms with Crippen molar-refractivity contribution in [3.05, 3.63) is 47.5 Å². The fraction of sp³-hybridized carbons (Fsp3) is 0.480. The molecule has 0 aliphatic carbocycles. The fourth-order valence-electron chi connectivity index (χ4n) is 4.39. The molecular weight excluding hydrogens is 463 g/mol. The first-order chi connectivity index (χ1) is 16.7. The number of carbonyl (C=O) groups is 1. The van der Waals surface area contributed by atoms with Gasteiger partial charge in [-0.05, 0) is 62.9 Å². The maximum Gasteiger partial charge on any atom is 0.573 e. The van der Waals surface area contributed by atoms with Gasteiger partial charge < -0.3 is 30.1 Å². The van der Waals surface area contributed by atoms with Crippen LogP contribution in [0.4, 0.5) is 24.5 Å². The number of amides is 1. The molecule has 7 nitrogen and oxygen atoms in total. The highest BCUT2D eigenvalue weighted by molar-refractivity contribution is 5.96. The van der Waals surface area contributed by atoms with E-state index in [1.807, 2.05) is 19.1 Å². The van der Waals surface area contributed by atoms with Crippen LogP contribution in [0.5, 0.6) is 11.5 Å². The van der Waals surface area contributed by atoms with Gasteiger partial charge in [-0.1, -0.05) is 17.7 Å². The van der Waals surface area contributed by atoms with Crippen molar-refractivity contribution >= 4 is 17.3 Å². The number of anilines is 2. The van der Waals surface area contributed by atoms with Crippen LogP contribution in [0.1, 0.15) is 30.4 Å². The van der Waals surface area contributed by atoms with E-state index in [1.165, 1.54) is 12.1 Å². The number of aryl methyl sites for hydroxylation is 2. The maximum atomic E-state index is 12.9. The largest absolute Gasteiger partial charge is 0.573 e. The van der Waals surface area contributed by atoms with Gasteiger partial charge in [0.1, 0.15) is 11.5 Å². The second kappa shape index (κ2) is 10.7. The van der Waals surface area contributed by atoms with Gasteiger partial charge in [0.2, 0.25) is 0 Å². The third kappa shape index (κ3) is 7.02. The number of hydrogen-bond acceptors (Lipinski definition) is 6. The fourth-order valence-corrected chi connectivity index (χ4v) is 4.39. The molecular formula is C25H30F3N3O4. The number of hydrogen-bond donors (Lipinski definition) is 3. The van der Waals surface area contributed by atoms with E-state index >= 15 is 0 Å². The molecule has 2 aliphatic heterocycles. The third-order valence-electron chi connectivity index (χ3n) is 6.22. The number of likely N-dealkylation sites (tertiary alicyclic amines) is 1. The van der Waals surface area contributed by atoms with Crippen molar-refractivity contribution in [1.82, 2.24) is 4.90 Å². The zero-order chi connectivity index (χ0) is 25.0. The highest BCUT2D eigenvalue weighted by Gasteiger charge is 2.32. The molecule has 10 heteroatoms. The van der Waals surface area contributed by atoms with Gasteiger partial charge in [0.25, 0.3) is 5.91 Å². The lowest BCUT2D eigenvalue weighted by Gasteiger charge is -2.29. The molecule has 1 amide bonds. The molecule has 3 N–H and O–H groups in total. The monoisotopic (exact) mass is 493 g/mol. The first-order valence-electron chi connectivity index (χ1n) is 11.8. The molecule has 0 bridgehead atoms. The van der Waals surface area contributed by atoms with E-state index in [0.29, 0.717) is 5.69 Å². The molecule has 35 heavy (non-hydrogen) atoms. The van der Waals surface area contributed by atoms with Gasteiger partial charge >= 0.3 is 6.36 Å². The van der Waals surface area contributed by atoms with Crippen LogP contribution in [0.15, 0.2) is 36.4 Å². The van der Waals surface area contributed by atoms with Crippen LogP contribution in [0.25, 0.3) is 0 Å². The molecule has 1 atom stereocenters. The van der Waals surface area contributed by atoms with Gasteiger partial charge in [0.15, 0.2) is 6.10 Å². The van der Waals surface area contributed by atoms with E-state index < -0.39 is 12.5 Å². The number of fused-ring (bicyclic) bond motifs is 1. The number of nitrogens with zero attached hydrogens (tertiary/aromatic N) is 1. The Morgan fingerprint density at radius 3 is 2.74 bits per heavy atom. The number of aliphatic hydroxyl groups excluding tert-OH is 1. The van der Waals surface area contributed by atoms with Gasteiger partial charge in [-0.25, -0.2) is 0 Å². The Hall–Kier alpha value is -2.98. The van der Waals surface area contributed by atoms with Crippen molar-refractivity contribution < 1.29 is 32.5 Å². The smallest absolute Gasteiger partial charge is 0.477 e. The van der Waals surface area contributed by atoms with Crippen molar-refractivity contribution in [2.24, 2.45) is 0 Å². The number of benzene rings is 2. The van der Waals surface area contributed by atoms with E-state index in [4.69, 9.17) is 4.74 Å². The number of alkyl halides is 3. The average molecular weight is 494 g/mol. The number of ether oxygens (including phenoxy) is 2. The van der Waals surface area contributed by atoms with E-state index in [0.717, 1.165) is 68.2 Å². The third-order valence-corrected chi connectivity index (χ3v) is 6.22. The Labute approximate surface area is 202 Å². The molecule has 0 aromatic heterocycles. The molecule has 0 radical (unpaired) electrons. The lowest BCUT2D eigenvalue weighted by molar-refractivity contribution is -0.274. The Morgan fingerprint density at radius 1 is 1.23 bits per heavy atom. The molecule has 2 heterocycles. The Balaban J connectivity index is 1.35. The summed E-state index contributed by atoms with van der Waals surface area (Å²) in [5, 5.41) is 15.6. The highest BCUT2D eigenvalue weighted by Crippen LogP contribution is 2.35. The van der Waals surface area contributed by atoms with Crippen molar-refractivity contribution in [3.63, 3.8) is 0 Å². The Bertz CT molecular complexity index is 1040. The summed E-state index contributed by atoms with van der Waals surface area (Å²) in [6.45, 7) is 4.84. The average Bonchev–Trinajstić information content (AvgIpc) is 2.80. The van der Waals surface area contributed by atoms with Crippen LogP contribution in [0.3, 0.4) is 0 Å². The summed E-state index contributed by atoms with van der Waals surface area (Å²) in [7, 11) is 0. The van der Waals surface area contributed by atoms with Crippen LogP contribution >= 0.6 is 0 Å². The molecule has 2 aromatic rings. The van der Waals surface area contributed by atoms with E-state index in [1.54, 1.807) is 0 Å². The lowest BCUT2D eigenvalue weighted by atomic mass is 10.0. The number of nitrogens with one attached hydrogen (secondary N) is 2. The van der Waals surface area contributed by atoms with Crippen LogP contribution < -0.4 is 20.1 Å². The van der Waals surface area contributed by atoms with Crippen molar-refractivity contribution in [2.75, 3.05) is 36.8 Å². The molecule has 2 aliphatic rings. The minimum atomic E-state index is -4.78. The summed E-state index contributed by atoms with van der Waals surface area (Å²) in [6.07, 6.45) is -2.48. The molecule has 0 saturated carbocycles. The van der Waals surface area contributed by atoms with E-state index in [9.17, 15) is 23.1 Å². The topological polar surface area (TPSA) is 83.1 Å². The summed E-state index contributed by atoms with van der Waals surface area (Å²) in [4.78, 5) is 15.3. The molecule has 1 fully saturated rings. The molecule has 0 spiro atoms. The number of carbonyl (C=O) groups excluding carboxylic acids is 1. The van der Waals surface area contributed by atoms with Crippen molar-refractivity contribution in [2.45, 2.75) is 51.2 Å². The number of piperidine rings is 1. The zero-order valence-corrected chi connectivity index (χ0v) is 19.5. The SMILES string of the molecule is Cc1ccc(NC(=O)C2CNc3cc(OC(F)(F)F)ccc3O2)c(CCCN2CCC(O)CC2)c1. The number of halogens is 3. The van der Waals surface area contributed by atoms with Crippen LogP contribution in [-0.2, 0) is 11.2 Å². The Kier molecular flexibility index (Phi) is 7.71. The first kappa shape index (κ1) is 25.1. The summed E-state index contributed by atoms with van der Waals surface area (Å²) in [6, 6.07) is 9.56. The standard InChI is InChI=1S/C25H30F3N3O4/c1-16-4-6-20(17(13-16)3-2-10-31-11-8-18(32)9-12-31)30-24(33)23-15-29-21-14-19(35-25(26,27)28)5-7-22(21)34-23/h4-7,13-14,18,23,29,32H,2-3,8-12,15H2,1H3,(H,30,33). The summed E-state index contributed by atoms with van der Waals surface area (Å²) < 4.78 is 47.0. The van der Waals surface area contributed by atoms with Gasteiger partial charge in [0, 0.05) is 24.8 Å². The lowest BCUT2D eigenvalue weighted by Crippen LogP contribution is -2.41. The number of rotatable bonds is 7. The molecule has 190 valence electrons. The minimum absolute atomic E-state index is 0.107. The van der Waals surface area contributed by atoms with E-state index in [-0.39, 0.29) is 30.1 Å². The molecule has 1 saturated heterocycles. The molecule has 4 rings (SSSR count). The van der Waals surface area contributed by atoms with Crippen LogP contribution in [0, 0.1) is 6.92 Å². The Morgan fingerprint density at radius 2 is 2.00 bits per heavy atom. The summed E-state index contributed by atoms with van der Waals surface area (Å²) >= 11 is 0. The maximum absolute atomic E-state index is 12.9. The van der Waals surface area contributed by atoms with Gasteiger partial charge in [0.05, 0.1) is 18.3 Å². The number of aliphatic hydroxyl groups is 1. The van der Waals surface area contributed by atoms with Crippen molar-refractivity contribution in [1.29, 1.82) is 0 Å². The highest BCUT2D eigenvalue weighted by atomic mass is 19.4. The predicted molar refractivity (Wildman–Crippen MR) is 126 cm³/mol. The van der Waals surface area contributed by atoms with Crippen LogP contribution in [0.2, 0.25) is 0 Å². The minimum Gasteiger partial charge on any atom is -0.477 e. The van der Waals surface area contributed by atoms with Gasteiger partial charge in [-0.3, -0.25) is 4.79 Å². The summed E-state index contributed by atoms with van der Waals surface area (Å²) in [5.74, 6) is -0.420. The van der Waals surface area contributed by atoms with Crippen molar-refractivity contribution in [3.8, 4) is 11.5 Å². The van der Waals surface area contributed by atoms with Gasteiger partial charge in [-0.2, -0.15) is 0 Å². The van der Waals surface area contributed by atoms with Crippen LogP contribution in [-0.4, -0.2) is 60.7 Å². The van der Waals surface area contributed by atoms with E-state index in [2.05, 4.69) is 26.3 Å². The molecule has 1 unspecified atom stereocenters.